The largest absolute Gasteiger partial charge is 0.396 e. The molecule has 0 spiro atoms. The summed E-state index contributed by atoms with van der Waals surface area (Å²) in [7, 11) is 0. The van der Waals surface area contributed by atoms with Gasteiger partial charge in [0.05, 0.1) is 22.4 Å². The van der Waals surface area contributed by atoms with Gasteiger partial charge in [0.15, 0.2) is 0 Å². The number of rotatable bonds is 2. The number of fused-ring (bicyclic) bond motifs is 1. The zero-order valence-electron chi connectivity index (χ0n) is 9.64. The maximum Gasteiger partial charge on any atom is 0.140 e. The van der Waals surface area contributed by atoms with Crippen molar-refractivity contribution in [2.75, 3.05) is 11.2 Å². The number of imidazole rings is 1. The molecule has 0 aliphatic rings. The number of hydrogen-bond acceptors (Lipinski definition) is 4. The predicted molar refractivity (Wildman–Crippen MR) is 73.8 cm³/mol. The first-order valence-electron chi connectivity index (χ1n) is 5.60. The highest BCUT2D eigenvalue weighted by atomic mass is 15.2. The van der Waals surface area contributed by atoms with Crippen molar-refractivity contribution >= 4 is 22.4 Å². The molecule has 3 rings (SSSR count). The van der Waals surface area contributed by atoms with Gasteiger partial charge in [0, 0.05) is 5.56 Å². The molecule has 0 aliphatic heterocycles. The molecule has 5 nitrogen and oxygen atoms in total. The molecule has 2 aromatic carbocycles. The number of hydrazine groups is 1. The lowest BCUT2D eigenvalue weighted by Crippen LogP contribution is -2.09. The fraction of sp³-hybridized carbons (Fsp3) is 0. The van der Waals surface area contributed by atoms with E-state index >= 15 is 0 Å². The Morgan fingerprint density at radius 2 is 1.89 bits per heavy atom. The number of nitrogens with two attached hydrogens (primary N) is 2. The second-order valence-corrected chi connectivity index (χ2v) is 4.01. The number of anilines is 2. The number of nitrogens with zero attached hydrogens (tertiary/aromatic N) is 1. The Bertz CT molecular complexity index is 668. The smallest absolute Gasteiger partial charge is 0.140 e. The quantitative estimate of drug-likeness (QED) is 0.313. The Hall–Kier alpha value is -2.53. The van der Waals surface area contributed by atoms with Gasteiger partial charge in [-0.15, -0.1) is 0 Å². The molecule has 90 valence electrons. The fourth-order valence-corrected chi connectivity index (χ4v) is 1.98. The summed E-state index contributed by atoms with van der Waals surface area (Å²) < 4.78 is 0. The minimum atomic E-state index is 0.582. The van der Waals surface area contributed by atoms with E-state index in [1.165, 1.54) is 0 Å². The first kappa shape index (κ1) is 10.6. The van der Waals surface area contributed by atoms with E-state index in [0.717, 1.165) is 22.4 Å². The third-order valence-electron chi connectivity index (χ3n) is 2.91. The first-order chi connectivity index (χ1) is 8.79. The van der Waals surface area contributed by atoms with Gasteiger partial charge in [-0.2, -0.15) is 0 Å². The molecule has 1 heterocycles. The van der Waals surface area contributed by atoms with Crippen LogP contribution in [0.3, 0.4) is 0 Å². The topological polar surface area (TPSA) is 92.7 Å². The van der Waals surface area contributed by atoms with Crippen molar-refractivity contribution < 1.29 is 0 Å². The van der Waals surface area contributed by atoms with E-state index in [2.05, 4.69) is 15.4 Å². The Kier molecular flexibility index (Phi) is 2.39. The van der Waals surface area contributed by atoms with Crippen LogP contribution in [0.4, 0.5) is 11.4 Å². The van der Waals surface area contributed by atoms with Gasteiger partial charge in [-0.25, -0.2) is 4.98 Å². The Morgan fingerprint density at radius 3 is 2.67 bits per heavy atom. The second-order valence-electron chi connectivity index (χ2n) is 4.01. The lowest BCUT2D eigenvalue weighted by atomic mass is 10.1. The summed E-state index contributed by atoms with van der Waals surface area (Å²) in [5.41, 5.74) is 12.6. The normalized spacial score (nSPS) is 10.7. The van der Waals surface area contributed by atoms with Crippen molar-refractivity contribution in [2.24, 2.45) is 5.84 Å². The number of nitrogens with one attached hydrogen (secondary N) is 2. The number of hydrogen-bond donors (Lipinski definition) is 4. The molecule has 6 N–H and O–H groups in total. The van der Waals surface area contributed by atoms with Crippen LogP contribution in [-0.4, -0.2) is 9.97 Å². The molecular weight excluding hydrogens is 226 g/mol. The third-order valence-corrected chi connectivity index (χ3v) is 2.91. The van der Waals surface area contributed by atoms with Crippen molar-refractivity contribution in [1.29, 1.82) is 0 Å². The van der Waals surface area contributed by atoms with Crippen molar-refractivity contribution in [2.45, 2.75) is 0 Å². The fourth-order valence-electron chi connectivity index (χ4n) is 1.98. The molecule has 18 heavy (non-hydrogen) atoms. The number of nitrogen functional groups attached to an aromatic ring is 2. The predicted octanol–water partition coefficient (Wildman–Crippen LogP) is 2.10. The van der Waals surface area contributed by atoms with Gasteiger partial charge in [0.25, 0.3) is 0 Å². The van der Waals surface area contributed by atoms with Crippen LogP contribution in [0.15, 0.2) is 42.5 Å². The monoisotopic (exact) mass is 239 g/mol. The maximum absolute atomic E-state index is 6.05. The Labute approximate surface area is 104 Å². The highest BCUT2D eigenvalue weighted by Crippen LogP contribution is 2.30. The second kappa shape index (κ2) is 4.05. The minimum Gasteiger partial charge on any atom is -0.396 e. The average Bonchev–Trinajstić information content (AvgIpc) is 2.82. The first-order valence-corrected chi connectivity index (χ1v) is 5.60. The molecule has 0 radical (unpaired) electrons. The lowest BCUT2D eigenvalue weighted by Gasteiger charge is -2.07. The highest BCUT2D eigenvalue weighted by molar-refractivity contribution is 5.86. The van der Waals surface area contributed by atoms with Gasteiger partial charge in [-0.1, -0.05) is 18.2 Å². The molecule has 0 atom stereocenters. The number of H-pyrrole nitrogens is 1. The average molecular weight is 239 g/mol. The van der Waals surface area contributed by atoms with Gasteiger partial charge in [-0.05, 0) is 24.3 Å². The Balaban J connectivity index is 2.20. The van der Waals surface area contributed by atoms with Crippen molar-refractivity contribution in [3.05, 3.63) is 42.5 Å². The molecule has 0 bridgehead atoms. The van der Waals surface area contributed by atoms with Gasteiger partial charge in [0.2, 0.25) is 0 Å². The Morgan fingerprint density at radius 1 is 1.06 bits per heavy atom. The molecule has 0 saturated carbocycles. The van der Waals surface area contributed by atoms with E-state index < -0.39 is 0 Å². The van der Waals surface area contributed by atoms with Gasteiger partial charge in [-0.3, -0.25) is 5.84 Å². The number of aromatic amines is 1. The maximum atomic E-state index is 6.05. The van der Waals surface area contributed by atoms with Crippen LogP contribution < -0.4 is 17.0 Å². The number of benzene rings is 2. The summed E-state index contributed by atoms with van der Waals surface area (Å²) in [5, 5.41) is 0. The molecule has 0 unspecified atom stereocenters. The van der Waals surface area contributed by atoms with E-state index in [1.807, 2.05) is 42.5 Å². The summed E-state index contributed by atoms with van der Waals surface area (Å²) in [4.78, 5) is 7.76. The molecule has 0 fully saturated rings. The van der Waals surface area contributed by atoms with E-state index in [1.54, 1.807) is 0 Å². The van der Waals surface area contributed by atoms with Crippen LogP contribution in [-0.2, 0) is 0 Å². The summed E-state index contributed by atoms with van der Waals surface area (Å²) in [6, 6.07) is 13.5. The van der Waals surface area contributed by atoms with E-state index in [4.69, 9.17) is 11.6 Å². The molecule has 1 aromatic heterocycles. The highest BCUT2D eigenvalue weighted by Gasteiger charge is 2.10. The van der Waals surface area contributed by atoms with E-state index in [0.29, 0.717) is 11.4 Å². The van der Waals surface area contributed by atoms with Crippen LogP contribution in [0.25, 0.3) is 22.4 Å². The molecule has 5 heteroatoms. The van der Waals surface area contributed by atoms with Gasteiger partial charge >= 0.3 is 0 Å². The van der Waals surface area contributed by atoms with Crippen LogP contribution >= 0.6 is 0 Å². The van der Waals surface area contributed by atoms with Crippen molar-refractivity contribution in [3.8, 4) is 11.4 Å². The summed E-state index contributed by atoms with van der Waals surface area (Å²) in [6.45, 7) is 0. The van der Waals surface area contributed by atoms with Crippen molar-refractivity contribution in [1.82, 2.24) is 9.97 Å². The van der Waals surface area contributed by atoms with E-state index in [-0.39, 0.29) is 0 Å². The van der Waals surface area contributed by atoms with Gasteiger partial charge in [0.1, 0.15) is 5.82 Å². The zero-order chi connectivity index (χ0) is 12.5. The van der Waals surface area contributed by atoms with Crippen LogP contribution in [0, 0.1) is 0 Å². The standard InChI is InChI=1S/C13H13N5/c14-12-8(4-3-7-11(12)18-15)13-16-9-5-1-2-6-10(9)17-13/h1-7,18H,14-15H2,(H,16,17). The molecular formula is C13H13N5. The molecule has 0 amide bonds. The minimum absolute atomic E-state index is 0.582. The lowest BCUT2D eigenvalue weighted by molar-refractivity contribution is 1.32. The molecule has 3 aromatic rings. The SMILES string of the molecule is NNc1cccc(-c2nc3ccccc3[nH]2)c1N. The van der Waals surface area contributed by atoms with Crippen LogP contribution in [0.5, 0.6) is 0 Å². The number of para-hydroxylation sites is 3. The van der Waals surface area contributed by atoms with Crippen LogP contribution in [0.1, 0.15) is 0 Å². The summed E-state index contributed by atoms with van der Waals surface area (Å²) >= 11 is 0. The summed E-state index contributed by atoms with van der Waals surface area (Å²) in [5.74, 6) is 6.15. The summed E-state index contributed by atoms with van der Waals surface area (Å²) in [6.07, 6.45) is 0. The zero-order valence-corrected chi connectivity index (χ0v) is 9.64. The van der Waals surface area contributed by atoms with E-state index in [9.17, 15) is 0 Å². The van der Waals surface area contributed by atoms with Crippen molar-refractivity contribution in [3.63, 3.8) is 0 Å². The number of aromatic nitrogens is 2. The van der Waals surface area contributed by atoms with Gasteiger partial charge < -0.3 is 16.1 Å². The third kappa shape index (κ3) is 1.57. The molecule has 0 saturated heterocycles. The molecule has 0 aliphatic carbocycles. The van der Waals surface area contributed by atoms with Crippen LogP contribution in [0.2, 0.25) is 0 Å².